The summed E-state index contributed by atoms with van der Waals surface area (Å²) in [4.78, 5) is 14.5. The van der Waals surface area contributed by atoms with E-state index in [1.54, 1.807) is 4.68 Å². The van der Waals surface area contributed by atoms with Gasteiger partial charge in [0.2, 0.25) is 11.1 Å². The highest BCUT2D eigenvalue weighted by Crippen LogP contribution is 2.24. The van der Waals surface area contributed by atoms with Crippen LogP contribution in [-0.4, -0.2) is 49.9 Å². The molecule has 134 valence electrons. The molecule has 6 nitrogen and oxygen atoms in total. The highest BCUT2D eigenvalue weighted by molar-refractivity contribution is 7.99. The third kappa shape index (κ3) is 4.21. The average Bonchev–Trinajstić information content (AvgIpc) is 3.02. The van der Waals surface area contributed by atoms with Gasteiger partial charge < -0.3 is 4.90 Å². The molecule has 0 N–H and O–H groups in total. The molecule has 2 aromatic rings. The molecule has 3 rings (SSSR count). The van der Waals surface area contributed by atoms with Gasteiger partial charge in [0.05, 0.1) is 11.4 Å². The first kappa shape index (κ1) is 17.9. The number of carbonyl (C=O) groups excluding carboxylic acids is 1. The number of amides is 1. The van der Waals surface area contributed by atoms with E-state index in [-0.39, 0.29) is 5.91 Å². The molecule has 0 bridgehead atoms. The Morgan fingerprint density at radius 1 is 1.20 bits per heavy atom. The van der Waals surface area contributed by atoms with Gasteiger partial charge in [-0.2, -0.15) is 4.68 Å². The third-order valence-electron chi connectivity index (χ3n) is 4.72. The smallest absolute Gasteiger partial charge is 0.233 e. The summed E-state index contributed by atoms with van der Waals surface area (Å²) >= 11 is 1.40. The molecule has 1 aromatic heterocycles. The van der Waals surface area contributed by atoms with E-state index in [1.807, 2.05) is 11.0 Å². The highest BCUT2D eigenvalue weighted by Gasteiger charge is 2.25. The molecule has 1 amide bonds. The second-order valence-electron chi connectivity index (χ2n) is 7.18. The number of hydrogen-bond donors (Lipinski definition) is 0. The van der Waals surface area contributed by atoms with E-state index in [0.717, 1.165) is 18.8 Å². The molecule has 0 saturated carbocycles. The molecule has 0 radical (unpaired) electrons. The zero-order valence-electron chi connectivity index (χ0n) is 15.3. The zero-order valence-corrected chi connectivity index (χ0v) is 16.1. The van der Waals surface area contributed by atoms with Crippen molar-refractivity contribution in [3.8, 4) is 5.69 Å². The maximum absolute atomic E-state index is 12.6. The molecule has 0 unspecified atom stereocenters. The first-order valence-corrected chi connectivity index (χ1v) is 9.69. The fraction of sp³-hybridized carbons (Fsp3) is 0.556. The fourth-order valence-corrected chi connectivity index (χ4v) is 4.17. The van der Waals surface area contributed by atoms with Crippen LogP contribution in [0.3, 0.4) is 0 Å². The van der Waals surface area contributed by atoms with Crippen molar-refractivity contribution >= 4 is 17.7 Å². The van der Waals surface area contributed by atoms with Crippen LogP contribution in [0.5, 0.6) is 0 Å². The summed E-state index contributed by atoms with van der Waals surface area (Å²) in [6, 6.07) is 6.12. The number of rotatable bonds is 4. The second-order valence-corrected chi connectivity index (χ2v) is 8.12. The predicted molar refractivity (Wildman–Crippen MR) is 98.9 cm³/mol. The Labute approximate surface area is 153 Å². The van der Waals surface area contributed by atoms with Gasteiger partial charge in [0, 0.05) is 13.1 Å². The molecular formula is C18H25N5OS. The summed E-state index contributed by atoms with van der Waals surface area (Å²) in [5.74, 6) is 1.67. The molecular weight excluding hydrogens is 334 g/mol. The van der Waals surface area contributed by atoms with Gasteiger partial charge in [0.1, 0.15) is 0 Å². The van der Waals surface area contributed by atoms with Gasteiger partial charge in [-0.1, -0.05) is 31.7 Å². The number of piperidine rings is 1. The summed E-state index contributed by atoms with van der Waals surface area (Å²) in [5, 5.41) is 12.6. The first-order valence-electron chi connectivity index (χ1n) is 8.70. The van der Waals surface area contributed by atoms with E-state index in [1.165, 1.54) is 29.3 Å². The van der Waals surface area contributed by atoms with Crippen LogP contribution in [0.1, 0.15) is 31.4 Å². The number of aryl methyl sites for hydroxylation is 2. The zero-order chi connectivity index (χ0) is 18.0. The minimum Gasteiger partial charge on any atom is -0.341 e. The molecule has 1 aliphatic heterocycles. The summed E-state index contributed by atoms with van der Waals surface area (Å²) in [5.41, 5.74) is 3.34. The number of hydrogen-bond acceptors (Lipinski definition) is 5. The largest absolute Gasteiger partial charge is 0.341 e. The van der Waals surface area contributed by atoms with Crippen LogP contribution in [0.25, 0.3) is 5.69 Å². The number of nitrogens with zero attached hydrogens (tertiary/aromatic N) is 5. The lowest BCUT2D eigenvalue weighted by molar-refractivity contribution is -0.130. The average molecular weight is 359 g/mol. The summed E-state index contributed by atoms with van der Waals surface area (Å²) in [6.07, 6.45) is 1.20. The monoisotopic (exact) mass is 359 g/mol. The molecule has 0 spiro atoms. The number of likely N-dealkylation sites (tertiary alicyclic amines) is 1. The molecule has 1 saturated heterocycles. The van der Waals surface area contributed by atoms with Gasteiger partial charge in [-0.05, 0) is 65.8 Å². The van der Waals surface area contributed by atoms with Crippen molar-refractivity contribution < 1.29 is 4.79 Å². The lowest BCUT2D eigenvalue weighted by atomic mass is 9.92. The lowest BCUT2D eigenvalue weighted by Crippen LogP contribution is -2.43. The number of tetrazole rings is 1. The summed E-state index contributed by atoms with van der Waals surface area (Å²) in [7, 11) is 0. The van der Waals surface area contributed by atoms with Gasteiger partial charge in [-0.15, -0.1) is 5.10 Å². The Balaban J connectivity index is 1.67. The molecule has 1 aliphatic rings. The third-order valence-corrected chi connectivity index (χ3v) is 5.63. The molecule has 2 heterocycles. The van der Waals surface area contributed by atoms with Gasteiger partial charge in [-0.3, -0.25) is 4.79 Å². The number of carbonyl (C=O) groups is 1. The van der Waals surface area contributed by atoms with Crippen molar-refractivity contribution in [3.05, 3.63) is 29.3 Å². The van der Waals surface area contributed by atoms with Crippen LogP contribution >= 0.6 is 11.8 Å². The van der Waals surface area contributed by atoms with Gasteiger partial charge in [-0.25, -0.2) is 0 Å². The quantitative estimate of drug-likeness (QED) is 0.786. The van der Waals surface area contributed by atoms with E-state index in [2.05, 4.69) is 55.4 Å². The minimum atomic E-state index is 0.165. The number of aromatic nitrogens is 4. The van der Waals surface area contributed by atoms with Crippen LogP contribution < -0.4 is 0 Å². The van der Waals surface area contributed by atoms with Gasteiger partial charge in [0.15, 0.2) is 0 Å². The fourth-order valence-electron chi connectivity index (χ4n) is 3.37. The minimum absolute atomic E-state index is 0.165. The second kappa shape index (κ2) is 7.56. The van der Waals surface area contributed by atoms with Crippen molar-refractivity contribution in [2.45, 2.75) is 39.3 Å². The van der Waals surface area contributed by atoms with Gasteiger partial charge >= 0.3 is 0 Å². The topological polar surface area (TPSA) is 63.9 Å². The Bertz CT molecular complexity index is 750. The van der Waals surface area contributed by atoms with E-state index in [9.17, 15) is 4.79 Å². The Morgan fingerprint density at radius 2 is 1.92 bits per heavy atom. The molecule has 1 fully saturated rings. The normalized spacial score (nSPS) is 20.7. The maximum atomic E-state index is 12.6. The molecule has 1 aromatic carbocycles. The molecule has 0 aliphatic carbocycles. The molecule has 2 atom stereocenters. The van der Waals surface area contributed by atoms with Crippen LogP contribution in [0.2, 0.25) is 0 Å². The van der Waals surface area contributed by atoms with Crippen LogP contribution in [-0.2, 0) is 4.79 Å². The highest BCUT2D eigenvalue weighted by atomic mass is 32.2. The van der Waals surface area contributed by atoms with Gasteiger partial charge in [0.25, 0.3) is 0 Å². The number of thioether (sulfide) groups is 1. The van der Waals surface area contributed by atoms with E-state index < -0.39 is 0 Å². The molecule has 7 heteroatoms. The summed E-state index contributed by atoms with van der Waals surface area (Å²) in [6.45, 7) is 10.3. The Hall–Kier alpha value is -1.89. The van der Waals surface area contributed by atoms with E-state index in [4.69, 9.17) is 0 Å². The van der Waals surface area contributed by atoms with Crippen LogP contribution in [0.15, 0.2) is 23.4 Å². The van der Waals surface area contributed by atoms with Crippen molar-refractivity contribution in [3.63, 3.8) is 0 Å². The number of benzene rings is 1. The standard InChI is InChI=1S/C18H25N5OS/c1-12-7-13(2)10-22(9-12)17(24)11-25-18-19-20-21-23(18)16-6-5-14(3)15(4)8-16/h5-6,8,12-13H,7,9-11H2,1-4H3/t12-,13-/m0/s1. The first-order chi connectivity index (χ1) is 11.9. The predicted octanol–water partition coefficient (Wildman–Crippen LogP) is 2.88. The van der Waals surface area contributed by atoms with Crippen molar-refractivity contribution in [2.24, 2.45) is 11.8 Å². The Morgan fingerprint density at radius 3 is 2.60 bits per heavy atom. The van der Waals surface area contributed by atoms with Crippen LogP contribution in [0, 0.1) is 25.7 Å². The van der Waals surface area contributed by atoms with Crippen molar-refractivity contribution in [2.75, 3.05) is 18.8 Å². The SMILES string of the molecule is Cc1ccc(-n2nnnc2SCC(=O)N2C[C@@H](C)C[C@H](C)C2)cc1C. The lowest BCUT2D eigenvalue weighted by Gasteiger charge is -2.34. The Kier molecular flexibility index (Phi) is 5.42. The van der Waals surface area contributed by atoms with Crippen LogP contribution in [0.4, 0.5) is 0 Å². The molecule has 25 heavy (non-hydrogen) atoms. The van der Waals surface area contributed by atoms with E-state index in [0.29, 0.717) is 22.7 Å². The summed E-state index contributed by atoms with van der Waals surface area (Å²) < 4.78 is 1.70. The maximum Gasteiger partial charge on any atom is 0.233 e. The van der Waals surface area contributed by atoms with Crippen molar-refractivity contribution in [1.82, 2.24) is 25.1 Å². The van der Waals surface area contributed by atoms with Crippen molar-refractivity contribution in [1.29, 1.82) is 0 Å². The van der Waals surface area contributed by atoms with E-state index >= 15 is 0 Å².